The van der Waals surface area contributed by atoms with Crippen molar-refractivity contribution in [2.45, 2.75) is 19.3 Å². The van der Waals surface area contributed by atoms with Crippen LogP contribution in [0, 0.1) is 11.3 Å². The number of anilines is 3. The predicted octanol–water partition coefficient (Wildman–Crippen LogP) is 7.97. The van der Waals surface area contributed by atoms with Gasteiger partial charge in [-0.25, -0.2) is 0 Å². The number of benzene rings is 5. The molecule has 0 saturated heterocycles. The van der Waals surface area contributed by atoms with E-state index in [9.17, 15) is 5.26 Å². The van der Waals surface area contributed by atoms with Crippen LogP contribution in [0.4, 0.5) is 17.1 Å². The summed E-state index contributed by atoms with van der Waals surface area (Å²) in [5.74, 6) is 0. The number of fused-ring (bicyclic) bond motifs is 6. The lowest BCUT2D eigenvalue weighted by atomic mass is 9.71. The lowest BCUT2D eigenvalue weighted by Gasteiger charge is -2.43. The Morgan fingerprint density at radius 1 is 0.656 bits per heavy atom. The van der Waals surface area contributed by atoms with Gasteiger partial charge in [0.25, 0.3) is 0 Å². The molecule has 6 rings (SSSR count). The molecule has 5 aromatic rings. The quantitative estimate of drug-likeness (QED) is 0.280. The van der Waals surface area contributed by atoms with Crippen LogP contribution in [-0.4, -0.2) is 0 Å². The fraction of sp³-hybridized carbons (Fsp3) is 0.100. The second kappa shape index (κ2) is 6.70. The maximum absolute atomic E-state index is 9.96. The predicted molar refractivity (Wildman–Crippen MR) is 133 cm³/mol. The number of rotatable bonds is 1. The number of hydrogen-bond acceptors (Lipinski definition) is 2. The van der Waals surface area contributed by atoms with Crippen LogP contribution in [0.2, 0.25) is 0 Å². The first-order chi connectivity index (χ1) is 15.6. The van der Waals surface area contributed by atoms with Gasteiger partial charge in [-0.1, -0.05) is 92.7 Å². The molecule has 5 aromatic carbocycles. The Hall–Kier alpha value is -4.09. The van der Waals surface area contributed by atoms with Crippen molar-refractivity contribution in [3.63, 3.8) is 0 Å². The van der Waals surface area contributed by atoms with E-state index < -0.39 is 0 Å². The Bertz CT molecular complexity index is 1570. The van der Waals surface area contributed by atoms with Crippen molar-refractivity contribution in [1.29, 1.82) is 5.26 Å². The molecule has 32 heavy (non-hydrogen) atoms. The van der Waals surface area contributed by atoms with Crippen molar-refractivity contribution < 1.29 is 0 Å². The van der Waals surface area contributed by atoms with Crippen LogP contribution >= 0.6 is 0 Å². The van der Waals surface area contributed by atoms with Crippen molar-refractivity contribution in [2.75, 3.05) is 4.90 Å². The highest BCUT2D eigenvalue weighted by atomic mass is 15.2. The van der Waals surface area contributed by atoms with Crippen LogP contribution < -0.4 is 4.90 Å². The second-order valence-electron chi connectivity index (χ2n) is 8.95. The zero-order valence-corrected chi connectivity index (χ0v) is 18.1. The van der Waals surface area contributed by atoms with Crippen LogP contribution in [-0.2, 0) is 5.41 Å². The van der Waals surface area contributed by atoms with E-state index in [1.54, 1.807) is 0 Å². The molecule has 0 unspecified atom stereocenters. The van der Waals surface area contributed by atoms with Gasteiger partial charge in [0, 0.05) is 10.8 Å². The van der Waals surface area contributed by atoms with Crippen LogP contribution in [0.5, 0.6) is 0 Å². The summed E-state index contributed by atoms with van der Waals surface area (Å²) in [5, 5.41) is 14.8. The summed E-state index contributed by atoms with van der Waals surface area (Å²) in [6, 6.07) is 36.4. The van der Waals surface area contributed by atoms with Crippen molar-refractivity contribution in [3.05, 3.63) is 114 Å². The van der Waals surface area contributed by atoms with E-state index >= 15 is 0 Å². The van der Waals surface area contributed by atoms with E-state index in [4.69, 9.17) is 0 Å². The van der Waals surface area contributed by atoms with Crippen LogP contribution in [0.25, 0.3) is 21.5 Å². The average molecular weight is 411 g/mol. The summed E-state index contributed by atoms with van der Waals surface area (Å²) in [5.41, 5.74) is 6.26. The van der Waals surface area contributed by atoms with Crippen LogP contribution in [0.15, 0.2) is 97.1 Å². The maximum atomic E-state index is 9.96. The van der Waals surface area contributed by atoms with Gasteiger partial charge in [-0.15, -0.1) is 0 Å². The Morgan fingerprint density at radius 3 is 2.06 bits per heavy atom. The molecule has 0 radical (unpaired) electrons. The highest BCUT2D eigenvalue weighted by molar-refractivity contribution is 6.06. The molecule has 2 nitrogen and oxygen atoms in total. The van der Waals surface area contributed by atoms with E-state index in [2.05, 4.69) is 104 Å². The topological polar surface area (TPSA) is 27.0 Å². The highest BCUT2D eigenvalue weighted by Gasteiger charge is 2.39. The maximum Gasteiger partial charge on any atom is 0.101 e. The monoisotopic (exact) mass is 410 g/mol. The minimum atomic E-state index is -0.201. The van der Waals surface area contributed by atoms with Gasteiger partial charge in [0.15, 0.2) is 0 Å². The van der Waals surface area contributed by atoms with E-state index in [0.29, 0.717) is 5.56 Å². The third-order valence-electron chi connectivity index (χ3n) is 6.84. The van der Waals surface area contributed by atoms with Gasteiger partial charge in [-0.05, 0) is 45.5 Å². The largest absolute Gasteiger partial charge is 0.308 e. The molecule has 0 N–H and O–H groups in total. The Morgan fingerprint density at radius 2 is 1.28 bits per heavy atom. The second-order valence-corrected chi connectivity index (χ2v) is 8.95. The molecular formula is C30H22N2. The minimum absolute atomic E-state index is 0.201. The highest BCUT2D eigenvalue weighted by Crippen LogP contribution is 2.56. The third-order valence-corrected chi connectivity index (χ3v) is 6.84. The molecule has 152 valence electrons. The summed E-state index contributed by atoms with van der Waals surface area (Å²) in [6.07, 6.45) is 0. The van der Waals surface area contributed by atoms with Crippen LogP contribution in [0.3, 0.4) is 0 Å². The molecule has 0 bridgehead atoms. The first-order valence-corrected chi connectivity index (χ1v) is 10.9. The van der Waals surface area contributed by atoms with Gasteiger partial charge in [-0.2, -0.15) is 5.26 Å². The van der Waals surface area contributed by atoms with Gasteiger partial charge >= 0.3 is 0 Å². The normalized spacial score (nSPS) is 14.1. The Labute approximate surface area is 188 Å². The standard InChI is InChI=1S/C30H22N2/c1-30(2)25-17-15-21-10-4-7-13-24(21)29(25)32(26-14-8-5-11-22(26)19-31)27-18-16-20-9-3-6-12-23(20)28(27)30/h3-18H,1-2H3. The lowest BCUT2D eigenvalue weighted by Crippen LogP contribution is -2.31. The van der Waals surface area contributed by atoms with Gasteiger partial charge in [0.2, 0.25) is 0 Å². The fourth-order valence-electron chi connectivity index (χ4n) is 5.37. The van der Waals surface area contributed by atoms with Gasteiger partial charge in [0.1, 0.15) is 6.07 Å². The Balaban J connectivity index is 1.82. The van der Waals surface area contributed by atoms with Crippen molar-refractivity contribution >= 4 is 38.6 Å². The molecule has 1 aliphatic heterocycles. The SMILES string of the molecule is CC1(C)c2ccc3ccccc3c2N(c2ccccc2C#N)c2ccc3ccccc3c21. The molecule has 0 amide bonds. The van der Waals surface area contributed by atoms with Crippen molar-refractivity contribution in [1.82, 2.24) is 0 Å². The summed E-state index contributed by atoms with van der Waals surface area (Å²) in [7, 11) is 0. The first kappa shape index (κ1) is 18.7. The summed E-state index contributed by atoms with van der Waals surface area (Å²) in [6.45, 7) is 4.64. The lowest BCUT2D eigenvalue weighted by molar-refractivity contribution is 0.639. The third kappa shape index (κ3) is 2.46. The first-order valence-electron chi connectivity index (χ1n) is 10.9. The molecule has 0 aliphatic carbocycles. The van der Waals surface area contributed by atoms with Crippen molar-refractivity contribution in [3.8, 4) is 6.07 Å². The summed E-state index contributed by atoms with van der Waals surface area (Å²) < 4.78 is 0. The summed E-state index contributed by atoms with van der Waals surface area (Å²) in [4.78, 5) is 2.31. The summed E-state index contributed by atoms with van der Waals surface area (Å²) >= 11 is 0. The number of para-hydroxylation sites is 1. The van der Waals surface area contributed by atoms with E-state index in [0.717, 1.165) is 11.4 Å². The van der Waals surface area contributed by atoms with Gasteiger partial charge in [-0.3, -0.25) is 0 Å². The zero-order chi connectivity index (χ0) is 21.9. The van der Waals surface area contributed by atoms with Crippen molar-refractivity contribution in [2.24, 2.45) is 0 Å². The van der Waals surface area contributed by atoms with E-state index in [1.807, 2.05) is 18.2 Å². The molecule has 1 heterocycles. The Kier molecular flexibility index (Phi) is 3.91. The van der Waals surface area contributed by atoms with Crippen LogP contribution in [0.1, 0.15) is 30.5 Å². The zero-order valence-electron chi connectivity index (χ0n) is 18.1. The molecule has 1 aliphatic rings. The number of hydrogen-bond donors (Lipinski definition) is 0. The molecule has 2 heteroatoms. The average Bonchev–Trinajstić information content (AvgIpc) is 2.83. The molecule has 0 fully saturated rings. The smallest absolute Gasteiger partial charge is 0.101 e. The number of nitriles is 1. The minimum Gasteiger partial charge on any atom is -0.308 e. The molecular weight excluding hydrogens is 388 g/mol. The molecule has 0 atom stereocenters. The number of nitrogens with zero attached hydrogens (tertiary/aromatic N) is 2. The fourth-order valence-corrected chi connectivity index (χ4v) is 5.37. The molecule has 0 saturated carbocycles. The van der Waals surface area contributed by atoms with E-state index in [1.165, 1.54) is 38.4 Å². The molecule has 0 aromatic heterocycles. The van der Waals surface area contributed by atoms with Gasteiger partial charge in [0.05, 0.1) is 22.6 Å². The van der Waals surface area contributed by atoms with E-state index in [-0.39, 0.29) is 5.41 Å². The molecule has 0 spiro atoms. The van der Waals surface area contributed by atoms with Gasteiger partial charge < -0.3 is 4.90 Å².